The van der Waals surface area contributed by atoms with Crippen molar-refractivity contribution in [1.82, 2.24) is 4.31 Å². The maximum atomic E-state index is 4.03. The van der Waals surface area contributed by atoms with Gasteiger partial charge in [-0.15, -0.1) is 0 Å². The van der Waals surface area contributed by atoms with Gasteiger partial charge in [-0.1, -0.05) is 12.2 Å². The molecule has 0 unspecified atom stereocenters. The van der Waals surface area contributed by atoms with Crippen LogP contribution in [0.1, 0.15) is 6.42 Å². The molecule has 3 heteroatoms. The van der Waals surface area contributed by atoms with E-state index in [1.165, 1.54) is 17.8 Å². The number of allylic oxidation sites excluding steroid dienone is 3. The average molecular weight is 138 g/mol. The third-order valence-electron chi connectivity index (χ3n) is 1.28. The van der Waals surface area contributed by atoms with Gasteiger partial charge in [0.1, 0.15) is 0 Å². The van der Waals surface area contributed by atoms with Crippen molar-refractivity contribution in [2.24, 2.45) is 4.40 Å². The van der Waals surface area contributed by atoms with Crippen LogP contribution in [0.3, 0.4) is 0 Å². The lowest BCUT2D eigenvalue weighted by molar-refractivity contribution is 0.804. The molecule has 9 heavy (non-hydrogen) atoms. The maximum Gasteiger partial charge on any atom is 0.0976 e. The topological polar surface area (TPSA) is 15.6 Å². The summed E-state index contributed by atoms with van der Waals surface area (Å²) in [5.74, 6) is 0. The highest BCUT2D eigenvalue weighted by atomic mass is 32.2. The second-order valence-corrected chi connectivity index (χ2v) is 2.66. The molecule has 0 saturated heterocycles. The van der Waals surface area contributed by atoms with Gasteiger partial charge in [-0.2, -0.15) is 0 Å². The summed E-state index contributed by atoms with van der Waals surface area (Å²) in [4.78, 5) is 0. The fraction of sp³-hybridized carbons (Fsp3) is 0.167. The van der Waals surface area contributed by atoms with Crippen LogP contribution in [0.25, 0.3) is 0 Å². The number of rotatable bonds is 0. The smallest absolute Gasteiger partial charge is 0.0976 e. The van der Waals surface area contributed by atoms with Crippen molar-refractivity contribution >= 4 is 18.3 Å². The van der Waals surface area contributed by atoms with Crippen LogP contribution in [0.2, 0.25) is 0 Å². The number of hydrogen-bond donors (Lipinski definition) is 0. The van der Waals surface area contributed by atoms with E-state index in [4.69, 9.17) is 0 Å². The van der Waals surface area contributed by atoms with E-state index in [9.17, 15) is 0 Å². The molecule has 2 aliphatic rings. The van der Waals surface area contributed by atoms with Gasteiger partial charge in [-0.25, -0.2) is 4.40 Å². The molecule has 46 valence electrons. The van der Waals surface area contributed by atoms with Crippen molar-refractivity contribution in [2.45, 2.75) is 6.42 Å². The SMILES string of the molecule is C1=CN2SN=CC2=CC1. The lowest BCUT2D eigenvalue weighted by Crippen LogP contribution is -2.04. The molecular formula is C6H6N2S. The molecule has 0 fully saturated rings. The van der Waals surface area contributed by atoms with E-state index in [1.807, 2.05) is 16.7 Å². The molecule has 0 aliphatic carbocycles. The summed E-state index contributed by atoms with van der Waals surface area (Å²) >= 11 is 1.47. The lowest BCUT2D eigenvalue weighted by atomic mass is 10.3. The Morgan fingerprint density at radius 2 is 2.67 bits per heavy atom. The Morgan fingerprint density at radius 3 is 3.56 bits per heavy atom. The molecule has 2 heterocycles. The highest BCUT2D eigenvalue weighted by Gasteiger charge is 2.12. The van der Waals surface area contributed by atoms with Crippen LogP contribution in [0.4, 0.5) is 0 Å². The largest absolute Gasteiger partial charge is 0.272 e. The van der Waals surface area contributed by atoms with Crippen LogP contribution >= 0.6 is 12.1 Å². The van der Waals surface area contributed by atoms with Gasteiger partial charge in [-0.3, -0.25) is 4.31 Å². The minimum atomic E-state index is 1.04. The van der Waals surface area contributed by atoms with E-state index >= 15 is 0 Å². The van der Waals surface area contributed by atoms with Crippen LogP contribution in [0.5, 0.6) is 0 Å². The van der Waals surface area contributed by atoms with Crippen molar-refractivity contribution in [1.29, 1.82) is 0 Å². The highest BCUT2D eigenvalue weighted by Crippen LogP contribution is 2.26. The summed E-state index contributed by atoms with van der Waals surface area (Å²) in [7, 11) is 0. The molecule has 2 rings (SSSR count). The fourth-order valence-electron chi connectivity index (χ4n) is 0.834. The van der Waals surface area contributed by atoms with E-state index < -0.39 is 0 Å². The van der Waals surface area contributed by atoms with Crippen LogP contribution in [0, 0.1) is 0 Å². The van der Waals surface area contributed by atoms with E-state index in [0.717, 1.165) is 6.42 Å². The second kappa shape index (κ2) is 1.92. The Bertz CT molecular complexity index is 205. The Balaban J connectivity index is 2.29. The van der Waals surface area contributed by atoms with Gasteiger partial charge < -0.3 is 0 Å². The standard InChI is InChI=1S/C6H6N2S/c1-2-4-8-6(3-1)5-7-9-8/h2-5H,1H2. The van der Waals surface area contributed by atoms with Crippen LogP contribution in [0.15, 0.2) is 28.4 Å². The maximum absolute atomic E-state index is 4.03. The first-order valence-electron chi connectivity index (χ1n) is 2.83. The highest BCUT2D eigenvalue weighted by molar-refractivity contribution is 7.96. The van der Waals surface area contributed by atoms with Gasteiger partial charge in [0.05, 0.1) is 24.0 Å². The van der Waals surface area contributed by atoms with Crippen molar-refractivity contribution in [3.8, 4) is 0 Å². The molecule has 0 amide bonds. The van der Waals surface area contributed by atoms with E-state index in [0.29, 0.717) is 0 Å². The Morgan fingerprint density at radius 1 is 1.67 bits per heavy atom. The molecular weight excluding hydrogens is 132 g/mol. The Labute approximate surface area is 58.2 Å². The number of nitrogens with zero attached hydrogens (tertiary/aromatic N) is 2. The van der Waals surface area contributed by atoms with Crippen molar-refractivity contribution in [3.05, 3.63) is 24.0 Å². The summed E-state index contributed by atoms with van der Waals surface area (Å²) in [6.45, 7) is 0. The third-order valence-corrected chi connectivity index (χ3v) is 1.99. The molecule has 0 aromatic heterocycles. The first kappa shape index (κ1) is 5.11. The van der Waals surface area contributed by atoms with Gasteiger partial charge in [0.2, 0.25) is 0 Å². The predicted octanol–water partition coefficient (Wildman–Crippen LogP) is 1.74. The number of hydrogen-bond acceptors (Lipinski definition) is 3. The molecule has 2 aliphatic heterocycles. The monoisotopic (exact) mass is 138 g/mol. The summed E-state index contributed by atoms with van der Waals surface area (Å²) in [5, 5.41) is 0. The minimum absolute atomic E-state index is 1.04. The lowest BCUT2D eigenvalue weighted by Gasteiger charge is -2.12. The molecule has 0 aromatic carbocycles. The van der Waals surface area contributed by atoms with Gasteiger partial charge in [0.25, 0.3) is 0 Å². The van der Waals surface area contributed by atoms with Gasteiger partial charge in [0, 0.05) is 6.20 Å². The Kier molecular flexibility index (Phi) is 1.09. The van der Waals surface area contributed by atoms with E-state index in [2.05, 4.69) is 16.5 Å². The van der Waals surface area contributed by atoms with Crippen molar-refractivity contribution < 1.29 is 0 Å². The molecule has 0 bridgehead atoms. The first-order chi connectivity index (χ1) is 4.47. The zero-order valence-corrected chi connectivity index (χ0v) is 5.64. The molecule has 0 atom stereocenters. The van der Waals surface area contributed by atoms with Crippen LogP contribution < -0.4 is 0 Å². The molecule has 0 saturated carbocycles. The van der Waals surface area contributed by atoms with Crippen molar-refractivity contribution in [3.63, 3.8) is 0 Å². The van der Waals surface area contributed by atoms with Crippen LogP contribution in [-0.2, 0) is 0 Å². The third kappa shape index (κ3) is 0.772. The average Bonchev–Trinajstić information content (AvgIpc) is 2.33. The number of fused-ring (bicyclic) bond motifs is 1. The van der Waals surface area contributed by atoms with Crippen molar-refractivity contribution in [2.75, 3.05) is 0 Å². The molecule has 0 radical (unpaired) electrons. The van der Waals surface area contributed by atoms with Gasteiger partial charge in [-0.05, 0) is 6.42 Å². The molecule has 0 aromatic rings. The Hall–Kier alpha value is -0.700. The van der Waals surface area contributed by atoms with Gasteiger partial charge >= 0.3 is 0 Å². The summed E-state index contributed by atoms with van der Waals surface area (Å²) in [6, 6.07) is 0. The van der Waals surface area contributed by atoms with Crippen LogP contribution in [-0.4, -0.2) is 10.5 Å². The molecule has 2 nitrogen and oxygen atoms in total. The predicted molar refractivity (Wildman–Crippen MR) is 39.8 cm³/mol. The van der Waals surface area contributed by atoms with E-state index in [-0.39, 0.29) is 0 Å². The second-order valence-electron chi connectivity index (χ2n) is 1.89. The normalized spacial score (nSPS) is 22.2. The first-order valence-corrected chi connectivity index (χ1v) is 3.56. The summed E-state index contributed by atoms with van der Waals surface area (Å²) in [5.41, 5.74) is 1.21. The quantitative estimate of drug-likeness (QED) is 0.474. The summed E-state index contributed by atoms with van der Waals surface area (Å²) < 4.78 is 6.07. The fourth-order valence-corrected chi connectivity index (χ4v) is 1.45. The zero-order valence-electron chi connectivity index (χ0n) is 4.82. The molecule has 0 N–H and O–H groups in total. The zero-order chi connectivity index (χ0) is 6.10. The van der Waals surface area contributed by atoms with Gasteiger partial charge in [0.15, 0.2) is 0 Å². The molecule has 0 spiro atoms. The minimum Gasteiger partial charge on any atom is -0.272 e. The summed E-state index contributed by atoms with van der Waals surface area (Å²) in [6.07, 6.45) is 9.24. The van der Waals surface area contributed by atoms with E-state index in [1.54, 1.807) is 0 Å².